The number of nitrogens with zero attached hydrogens (tertiary/aromatic N) is 1. The number of carbonyl (C=O) groups is 2. The fraction of sp³-hybridized carbons (Fsp3) is 0.462. The summed E-state index contributed by atoms with van der Waals surface area (Å²) in [7, 11) is 0. The van der Waals surface area contributed by atoms with Crippen molar-refractivity contribution in [2.45, 2.75) is 69.8 Å². The van der Waals surface area contributed by atoms with E-state index in [0.29, 0.717) is 23.7 Å². The molecule has 2 aromatic rings. The number of nitrogens with one attached hydrogen (secondary N) is 1. The Hall–Kier alpha value is -1.98. The van der Waals surface area contributed by atoms with Gasteiger partial charge < -0.3 is 10.2 Å². The summed E-state index contributed by atoms with van der Waals surface area (Å²) in [6.45, 7) is 2.43. The second-order valence-electron chi connectivity index (χ2n) is 8.39. The second-order valence-corrected chi connectivity index (χ2v) is 9.82. The van der Waals surface area contributed by atoms with Gasteiger partial charge in [0.25, 0.3) is 0 Å². The number of rotatable bonds is 10. The van der Waals surface area contributed by atoms with Crippen LogP contribution in [0, 0.1) is 0 Å². The number of amides is 2. The SMILES string of the molecule is CC[C@H](C(=O)NC1CCCCC1)N(Cc1ccccc1)C(=O)CSCc1ccc(Cl)cc1. The molecule has 1 fully saturated rings. The molecule has 0 heterocycles. The Balaban J connectivity index is 1.66. The maximum Gasteiger partial charge on any atom is 0.243 e. The Labute approximate surface area is 201 Å². The Morgan fingerprint density at radius 3 is 2.38 bits per heavy atom. The molecule has 0 unspecified atom stereocenters. The van der Waals surface area contributed by atoms with Crippen LogP contribution in [0.15, 0.2) is 54.6 Å². The van der Waals surface area contributed by atoms with Crippen molar-refractivity contribution in [3.05, 3.63) is 70.7 Å². The minimum atomic E-state index is -0.458. The zero-order valence-corrected chi connectivity index (χ0v) is 20.3. The first-order valence-electron chi connectivity index (χ1n) is 11.5. The van der Waals surface area contributed by atoms with Crippen molar-refractivity contribution in [2.24, 2.45) is 0 Å². The average Bonchev–Trinajstić information content (AvgIpc) is 2.81. The van der Waals surface area contributed by atoms with Crippen molar-refractivity contribution in [3.8, 4) is 0 Å². The average molecular weight is 473 g/mol. The molecule has 1 atom stereocenters. The molecule has 0 saturated heterocycles. The lowest BCUT2D eigenvalue weighted by atomic mass is 9.95. The van der Waals surface area contributed by atoms with E-state index in [9.17, 15) is 9.59 Å². The van der Waals surface area contributed by atoms with Gasteiger partial charge in [0.05, 0.1) is 5.75 Å². The molecule has 0 bridgehead atoms. The van der Waals surface area contributed by atoms with Gasteiger partial charge in [-0.15, -0.1) is 11.8 Å². The van der Waals surface area contributed by atoms with Crippen molar-refractivity contribution in [3.63, 3.8) is 0 Å². The Kier molecular flexibility index (Phi) is 9.94. The Bertz CT molecular complexity index is 854. The summed E-state index contributed by atoms with van der Waals surface area (Å²) in [5.41, 5.74) is 2.16. The predicted octanol–water partition coefficient (Wildman–Crippen LogP) is 5.83. The van der Waals surface area contributed by atoms with Crippen LogP contribution in [0.2, 0.25) is 5.02 Å². The molecule has 2 aromatic carbocycles. The van der Waals surface area contributed by atoms with Gasteiger partial charge in [-0.2, -0.15) is 0 Å². The van der Waals surface area contributed by atoms with Gasteiger partial charge in [-0.3, -0.25) is 9.59 Å². The summed E-state index contributed by atoms with van der Waals surface area (Å²) >= 11 is 7.53. The monoisotopic (exact) mass is 472 g/mol. The molecule has 3 rings (SSSR count). The van der Waals surface area contributed by atoms with E-state index < -0.39 is 6.04 Å². The molecule has 2 amide bonds. The quantitative estimate of drug-likeness (QED) is 0.473. The molecule has 1 aliphatic rings. The number of benzene rings is 2. The lowest BCUT2D eigenvalue weighted by molar-refractivity contribution is -0.139. The smallest absolute Gasteiger partial charge is 0.243 e. The zero-order chi connectivity index (χ0) is 22.8. The summed E-state index contributed by atoms with van der Waals surface area (Å²) in [5, 5.41) is 3.93. The minimum absolute atomic E-state index is 0.00143. The number of carbonyl (C=O) groups excluding carboxylic acids is 2. The van der Waals surface area contributed by atoms with Crippen LogP contribution in [0.4, 0.5) is 0 Å². The first kappa shape index (κ1) is 24.7. The lowest BCUT2D eigenvalue weighted by Crippen LogP contribution is -2.52. The summed E-state index contributed by atoms with van der Waals surface area (Å²) in [4.78, 5) is 28.2. The summed E-state index contributed by atoms with van der Waals surface area (Å²) in [6.07, 6.45) is 6.23. The van der Waals surface area contributed by atoms with Gasteiger partial charge >= 0.3 is 0 Å². The molecule has 0 aromatic heterocycles. The highest BCUT2D eigenvalue weighted by molar-refractivity contribution is 7.99. The lowest BCUT2D eigenvalue weighted by Gasteiger charge is -2.32. The summed E-state index contributed by atoms with van der Waals surface area (Å²) < 4.78 is 0. The van der Waals surface area contributed by atoms with Crippen LogP contribution in [0.5, 0.6) is 0 Å². The highest BCUT2D eigenvalue weighted by Gasteiger charge is 2.30. The Morgan fingerprint density at radius 2 is 1.72 bits per heavy atom. The molecule has 1 saturated carbocycles. The third-order valence-corrected chi connectivity index (χ3v) is 7.18. The topological polar surface area (TPSA) is 49.4 Å². The van der Waals surface area contributed by atoms with Crippen LogP contribution >= 0.6 is 23.4 Å². The van der Waals surface area contributed by atoms with Gasteiger partial charge in [0, 0.05) is 23.4 Å². The van der Waals surface area contributed by atoms with Gasteiger partial charge in [0.1, 0.15) is 6.04 Å². The molecule has 172 valence electrons. The molecular weight excluding hydrogens is 440 g/mol. The number of hydrogen-bond acceptors (Lipinski definition) is 3. The predicted molar refractivity (Wildman–Crippen MR) is 134 cm³/mol. The van der Waals surface area contributed by atoms with E-state index in [2.05, 4.69) is 5.32 Å². The van der Waals surface area contributed by atoms with Crippen molar-refractivity contribution in [2.75, 3.05) is 5.75 Å². The molecule has 0 aliphatic heterocycles. The third-order valence-electron chi connectivity index (χ3n) is 5.94. The van der Waals surface area contributed by atoms with Gasteiger partial charge in [-0.05, 0) is 42.5 Å². The van der Waals surface area contributed by atoms with Crippen LogP contribution in [0.1, 0.15) is 56.6 Å². The number of halogens is 1. The number of thioether (sulfide) groups is 1. The van der Waals surface area contributed by atoms with Crippen molar-refractivity contribution >= 4 is 35.2 Å². The van der Waals surface area contributed by atoms with E-state index in [4.69, 9.17) is 11.6 Å². The van der Waals surface area contributed by atoms with Crippen molar-refractivity contribution < 1.29 is 9.59 Å². The molecule has 32 heavy (non-hydrogen) atoms. The molecule has 0 radical (unpaired) electrons. The maximum absolute atomic E-state index is 13.3. The molecule has 6 heteroatoms. The summed E-state index contributed by atoms with van der Waals surface area (Å²) in [5.74, 6) is 1.04. The van der Waals surface area contributed by atoms with Crippen molar-refractivity contribution in [1.29, 1.82) is 0 Å². The van der Waals surface area contributed by atoms with Crippen LogP contribution in [-0.2, 0) is 21.9 Å². The van der Waals surface area contributed by atoms with Gasteiger partial charge in [-0.1, -0.05) is 80.3 Å². The summed E-state index contributed by atoms with van der Waals surface area (Å²) in [6, 6.07) is 17.4. The Morgan fingerprint density at radius 1 is 1.03 bits per heavy atom. The first-order chi connectivity index (χ1) is 15.6. The highest BCUT2D eigenvalue weighted by atomic mass is 35.5. The standard InChI is InChI=1S/C26H33ClN2O2S/c1-2-24(26(31)28-23-11-7-4-8-12-23)29(17-20-9-5-3-6-10-20)25(30)19-32-18-21-13-15-22(27)16-14-21/h3,5-6,9-10,13-16,23-24H,2,4,7-8,11-12,17-19H2,1H3,(H,28,31)/t24-/m1/s1. The fourth-order valence-electron chi connectivity index (χ4n) is 4.16. The minimum Gasteiger partial charge on any atom is -0.352 e. The van der Waals surface area contributed by atoms with E-state index in [1.54, 1.807) is 16.7 Å². The third kappa shape index (κ3) is 7.56. The van der Waals surface area contributed by atoms with E-state index in [1.165, 1.54) is 6.42 Å². The first-order valence-corrected chi connectivity index (χ1v) is 13.1. The molecular formula is C26H33ClN2O2S. The fourth-order valence-corrected chi connectivity index (χ4v) is 5.16. The van der Waals surface area contributed by atoms with E-state index in [-0.39, 0.29) is 17.9 Å². The molecule has 1 aliphatic carbocycles. The van der Waals surface area contributed by atoms with Crippen LogP contribution < -0.4 is 5.32 Å². The van der Waals surface area contributed by atoms with Gasteiger partial charge in [0.15, 0.2) is 0 Å². The van der Waals surface area contributed by atoms with Crippen LogP contribution in [-0.4, -0.2) is 34.6 Å². The highest BCUT2D eigenvalue weighted by Crippen LogP contribution is 2.21. The molecule has 1 N–H and O–H groups in total. The largest absolute Gasteiger partial charge is 0.352 e. The number of hydrogen-bond donors (Lipinski definition) is 1. The van der Waals surface area contributed by atoms with E-state index in [0.717, 1.165) is 42.6 Å². The van der Waals surface area contributed by atoms with Gasteiger partial charge in [0.2, 0.25) is 11.8 Å². The maximum atomic E-state index is 13.3. The second kappa shape index (κ2) is 12.9. The molecule has 0 spiro atoms. The van der Waals surface area contributed by atoms with Crippen molar-refractivity contribution in [1.82, 2.24) is 10.2 Å². The molecule has 4 nitrogen and oxygen atoms in total. The van der Waals surface area contributed by atoms with Gasteiger partial charge in [-0.25, -0.2) is 0 Å². The van der Waals surface area contributed by atoms with E-state index in [1.807, 2.05) is 61.5 Å². The van der Waals surface area contributed by atoms with Crippen LogP contribution in [0.3, 0.4) is 0 Å². The normalized spacial score (nSPS) is 15.2. The van der Waals surface area contributed by atoms with Crippen LogP contribution in [0.25, 0.3) is 0 Å². The zero-order valence-electron chi connectivity index (χ0n) is 18.8. The van der Waals surface area contributed by atoms with E-state index >= 15 is 0 Å².